The first-order valence-electron chi connectivity index (χ1n) is 10.7. The van der Waals surface area contributed by atoms with Crippen molar-refractivity contribution in [1.82, 2.24) is 10.6 Å². The minimum atomic E-state index is -1.25. The number of aliphatic hydroxyl groups excluding tert-OH is 1. The van der Waals surface area contributed by atoms with Gasteiger partial charge >= 0.3 is 12.1 Å². The maximum atomic E-state index is 12.5. The first kappa shape index (κ1) is 23.3. The quantitative estimate of drug-likeness (QED) is 0.450. The van der Waals surface area contributed by atoms with Gasteiger partial charge in [-0.3, -0.25) is 4.79 Å². The molecule has 170 valence electrons. The number of fused-ring (bicyclic) bond motifs is 3. The average Bonchev–Trinajstić information content (AvgIpc) is 3.10. The number of amides is 2. The minimum absolute atomic E-state index is 0.104. The largest absolute Gasteiger partial charge is 0.480 e. The molecule has 1 aliphatic carbocycles. The molecular formula is C24H28N2O6. The molecule has 0 radical (unpaired) electrons. The van der Waals surface area contributed by atoms with E-state index in [9.17, 15) is 19.5 Å². The molecule has 2 amide bonds. The molecule has 0 heterocycles. The Morgan fingerprint density at radius 2 is 1.53 bits per heavy atom. The fourth-order valence-electron chi connectivity index (χ4n) is 4.00. The van der Waals surface area contributed by atoms with E-state index in [1.807, 2.05) is 55.5 Å². The number of carboxylic acids is 1. The fourth-order valence-corrected chi connectivity index (χ4v) is 4.00. The number of aliphatic hydroxyl groups is 1. The SMILES string of the molecule is CCC[C@H](NC(=O)OCC1c2ccccc2-c2ccccc21)C(=O)N[C@@H](CCO)C(=O)O. The number of carbonyl (C=O) groups is 3. The van der Waals surface area contributed by atoms with E-state index >= 15 is 0 Å². The van der Waals surface area contributed by atoms with Crippen LogP contribution in [0.5, 0.6) is 0 Å². The van der Waals surface area contributed by atoms with Gasteiger partial charge in [0, 0.05) is 18.9 Å². The molecule has 2 aromatic carbocycles. The van der Waals surface area contributed by atoms with Crippen LogP contribution < -0.4 is 10.6 Å². The number of ether oxygens (including phenoxy) is 1. The Bertz CT molecular complexity index is 931. The van der Waals surface area contributed by atoms with Crippen LogP contribution in [0.1, 0.15) is 43.2 Å². The number of carboxylic acid groups (broad SMARTS) is 1. The molecule has 0 unspecified atom stereocenters. The number of hydrogen-bond donors (Lipinski definition) is 4. The molecule has 0 aromatic heterocycles. The van der Waals surface area contributed by atoms with Gasteiger partial charge in [-0.25, -0.2) is 9.59 Å². The van der Waals surface area contributed by atoms with Gasteiger partial charge in [0.05, 0.1) is 0 Å². The molecule has 0 aliphatic heterocycles. The van der Waals surface area contributed by atoms with Crippen molar-refractivity contribution in [1.29, 1.82) is 0 Å². The number of carbonyl (C=O) groups excluding carboxylic acids is 2. The van der Waals surface area contributed by atoms with Crippen LogP contribution in [0.25, 0.3) is 11.1 Å². The molecule has 4 N–H and O–H groups in total. The lowest BCUT2D eigenvalue weighted by atomic mass is 9.98. The van der Waals surface area contributed by atoms with Gasteiger partial charge in [-0.2, -0.15) is 0 Å². The molecule has 32 heavy (non-hydrogen) atoms. The monoisotopic (exact) mass is 440 g/mol. The summed E-state index contributed by atoms with van der Waals surface area (Å²) in [5, 5.41) is 23.1. The molecular weight excluding hydrogens is 412 g/mol. The second-order valence-electron chi connectivity index (χ2n) is 7.72. The number of alkyl carbamates (subject to hydrolysis) is 1. The Balaban J connectivity index is 1.64. The topological polar surface area (TPSA) is 125 Å². The van der Waals surface area contributed by atoms with Crippen molar-refractivity contribution in [2.24, 2.45) is 0 Å². The summed E-state index contributed by atoms with van der Waals surface area (Å²) in [5.41, 5.74) is 4.39. The summed E-state index contributed by atoms with van der Waals surface area (Å²) in [5.74, 6) is -1.97. The number of rotatable bonds is 10. The fraction of sp³-hybridized carbons (Fsp3) is 0.375. The third-order valence-electron chi connectivity index (χ3n) is 5.56. The second-order valence-corrected chi connectivity index (χ2v) is 7.72. The highest BCUT2D eigenvalue weighted by Gasteiger charge is 2.30. The highest BCUT2D eigenvalue weighted by atomic mass is 16.5. The van der Waals surface area contributed by atoms with Crippen molar-refractivity contribution >= 4 is 18.0 Å². The van der Waals surface area contributed by atoms with E-state index < -0.39 is 30.1 Å². The first-order valence-corrected chi connectivity index (χ1v) is 10.7. The Morgan fingerprint density at radius 3 is 2.06 bits per heavy atom. The zero-order valence-electron chi connectivity index (χ0n) is 17.9. The molecule has 0 bridgehead atoms. The summed E-state index contributed by atoms with van der Waals surface area (Å²) in [4.78, 5) is 36.2. The summed E-state index contributed by atoms with van der Waals surface area (Å²) in [6.45, 7) is 1.58. The smallest absolute Gasteiger partial charge is 0.407 e. The predicted octanol–water partition coefficient (Wildman–Crippen LogP) is 2.65. The molecule has 2 aromatic rings. The standard InChI is InChI=1S/C24H28N2O6/c1-2-7-20(22(28)25-21(12-13-27)23(29)30)26-24(31)32-14-19-17-10-5-3-8-15(17)16-9-4-6-11-18(16)19/h3-6,8-11,19-21,27H,2,7,12-14H2,1H3,(H,25,28)(H,26,31)(H,29,30)/t20-,21-/m0/s1. The molecule has 8 nitrogen and oxygen atoms in total. The first-order chi connectivity index (χ1) is 15.5. The lowest BCUT2D eigenvalue weighted by Gasteiger charge is -2.21. The van der Waals surface area contributed by atoms with E-state index in [-0.39, 0.29) is 25.6 Å². The van der Waals surface area contributed by atoms with E-state index in [1.54, 1.807) is 0 Å². The Hall–Kier alpha value is -3.39. The Labute approximate surface area is 186 Å². The van der Waals surface area contributed by atoms with E-state index in [4.69, 9.17) is 9.84 Å². The number of benzene rings is 2. The lowest BCUT2D eigenvalue weighted by molar-refractivity contribution is -0.142. The van der Waals surface area contributed by atoms with Crippen molar-refractivity contribution in [2.75, 3.05) is 13.2 Å². The summed E-state index contributed by atoms with van der Waals surface area (Å²) in [6, 6.07) is 13.8. The van der Waals surface area contributed by atoms with Gasteiger partial charge in [-0.1, -0.05) is 61.9 Å². The van der Waals surface area contributed by atoms with Gasteiger partial charge in [0.1, 0.15) is 18.7 Å². The Morgan fingerprint density at radius 1 is 0.938 bits per heavy atom. The molecule has 1 aliphatic rings. The van der Waals surface area contributed by atoms with Crippen molar-refractivity contribution < 1.29 is 29.3 Å². The van der Waals surface area contributed by atoms with Crippen LogP contribution in [-0.2, 0) is 14.3 Å². The Kier molecular flexibility index (Phi) is 7.83. The van der Waals surface area contributed by atoms with Crippen LogP contribution in [0.2, 0.25) is 0 Å². The normalized spacial score (nSPS) is 14.1. The molecule has 2 atom stereocenters. The van der Waals surface area contributed by atoms with Gasteiger partial charge in [0.2, 0.25) is 5.91 Å². The van der Waals surface area contributed by atoms with Crippen LogP contribution in [0.4, 0.5) is 4.79 Å². The number of nitrogens with one attached hydrogen (secondary N) is 2. The molecule has 0 fully saturated rings. The van der Waals surface area contributed by atoms with Crippen LogP contribution >= 0.6 is 0 Å². The number of hydrogen-bond acceptors (Lipinski definition) is 5. The molecule has 8 heteroatoms. The third kappa shape index (κ3) is 5.26. The van der Waals surface area contributed by atoms with Crippen molar-refractivity contribution in [3.05, 3.63) is 59.7 Å². The van der Waals surface area contributed by atoms with Gasteiger partial charge < -0.3 is 25.6 Å². The highest BCUT2D eigenvalue weighted by Crippen LogP contribution is 2.44. The zero-order chi connectivity index (χ0) is 23.1. The maximum Gasteiger partial charge on any atom is 0.407 e. The molecule has 0 spiro atoms. The summed E-state index contributed by atoms with van der Waals surface area (Å²) < 4.78 is 5.48. The van der Waals surface area contributed by atoms with Crippen molar-refractivity contribution in [2.45, 2.75) is 44.2 Å². The molecule has 0 saturated carbocycles. The lowest BCUT2D eigenvalue weighted by Crippen LogP contribution is -2.52. The van der Waals surface area contributed by atoms with E-state index in [1.165, 1.54) is 0 Å². The van der Waals surface area contributed by atoms with E-state index in [0.29, 0.717) is 12.8 Å². The van der Waals surface area contributed by atoms with E-state index in [0.717, 1.165) is 22.3 Å². The predicted molar refractivity (Wildman–Crippen MR) is 118 cm³/mol. The summed E-state index contributed by atoms with van der Waals surface area (Å²) in [6.07, 6.45) is 0.0562. The van der Waals surface area contributed by atoms with Crippen LogP contribution in [0, 0.1) is 0 Å². The number of aliphatic carboxylic acids is 1. The van der Waals surface area contributed by atoms with Crippen LogP contribution in [0.3, 0.4) is 0 Å². The van der Waals surface area contributed by atoms with Crippen LogP contribution in [-0.4, -0.2) is 53.5 Å². The summed E-state index contributed by atoms with van der Waals surface area (Å²) >= 11 is 0. The highest BCUT2D eigenvalue weighted by molar-refractivity contribution is 5.89. The van der Waals surface area contributed by atoms with Gasteiger partial charge in [0.15, 0.2) is 0 Å². The van der Waals surface area contributed by atoms with Crippen molar-refractivity contribution in [3.8, 4) is 11.1 Å². The van der Waals surface area contributed by atoms with Gasteiger partial charge in [-0.05, 0) is 28.7 Å². The molecule has 3 rings (SSSR count). The zero-order valence-corrected chi connectivity index (χ0v) is 17.9. The maximum absolute atomic E-state index is 12.5. The van der Waals surface area contributed by atoms with Crippen molar-refractivity contribution in [3.63, 3.8) is 0 Å². The molecule has 0 saturated heterocycles. The third-order valence-corrected chi connectivity index (χ3v) is 5.56. The minimum Gasteiger partial charge on any atom is -0.480 e. The van der Waals surface area contributed by atoms with Gasteiger partial charge in [0.25, 0.3) is 0 Å². The average molecular weight is 440 g/mol. The van der Waals surface area contributed by atoms with Gasteiger partial charge in [-0.15, -0.1) is 0 Å². The summed E-state index contributed by atoms with van der Waals surface area (Å²) in [7, 11) is 0. The van der Waals surface area contributed by atoms with E-state index in [2.05, 4.69) is 10.6 Å². The second kappa shape index (κ2) is 10.8. The van der Waals surface area contributed by atoms with Crippen LogP contribution in [0.15, 0.2) is 48.5 Å².